The number of carbonyl (C=O) groups excluding carboxylic acids is 2. The van der Waals surface area contributed by atoms with Crippen LogP contribution in [0.1, 0.15) is 34.3 Å². The number of anilines is 1. The van der Waals surface area contributed by atoms with Gasteiger partial charge in [0.25, 0.3) is 5.91 Å². The SMILES string of the molecule is N#Cc1cccc(NC(=O)c2ccc(CNC(=O)C3CC3)cc2)c1. The molecular weight excluding hydrogens is 302 g/mol. The minimum Gasteiger partial charge on any atom is -0.352 e. The third kappa shape index (κ3) is 3.99. The Labute approximate surface area is 140 Å². The summed E-state index contributed by atoms with van der Waals surface area (Å²) >= 11 is 0. The van der Waals surface area contributed by atoms with Crippen molar-refractivity contribution >= 4 is 17.5 Å². The molecule has 1 aliphatic rings. The van der Waals surface area contributed by atoms with Crippen LogP contribution in [0.15, 0.2) is 48.5 Å². The van der Waals surface area contributed by atoms with Gasteiger partial charge in [0.1, 0.15) is 0 Å². The zero-order valence-electron chi connectivity index (χ0n) is 13.1. The predicted octanol–water partition coefficient (Wildman–Crippen LogP) is 2.84. The van der Waals surface area contributed by atoms with E-state index in [2.05, 4.69) is 10.6 Å². The molecule has 2 amide bonds. The normalized spacial score (nSPS) is 13.0. The lowest BCUT2D eigenvalue weighted by Crippen LogP contribution is -2.24. The molecule has 0 aromatic heterocycles. The summed E-state index contributed by atoms with van der Waals surface area (Å²) in [5.74, 6) is 0.0621. The van der Waals surface area contributed by atoms with Crippen LogP contribution in [0.25, 0.3) is 0 Å². The first-order valence-corrected chi connectivity index (χ1v) is 7.84. The highest BCUT2D eigenvalue weighted by Gasteiger charge is 2.29. The molecule has 0 spiro atoms. The van der Waals surface area contributed by atoms with Crippen LogP contribution in [0.3, 0.4) is 0 Å². The summed E-state index contributed by atoms with van der Waals surface area (Å²) in [6.07, 6.45) is 1.97. The van der Waals surface area contributed by atoms with Crippen LogP contribution in [-0.2, 0) is 11.3 Å². The van der Waals surface area contributed by atoms with Gasteiger partial charge in [0.2, 0.25) is 5.91 Å². The summed E-state index contributed by atoms with van der Waals surface area (Å²) in [4.78, 5) is 23.8. The number of hydrogen-bond acceptors (Lipinski definition) is 3. The first kappa shape index (κ1) is 15.8. The molecule has 0 heterocycles. The molecule has 0 atom stereocenters. The second kappa shape index (κ2) is 6.97. The van der Waals surface area contributed by atoms with E-state index >= 15 is 0 Å². The van der Waals surface area contributed by atoms with Crippen LogP contribution in [-0.4, -0.2) is 11.8 Å². The molecule has 2 aromatic carbocycles. The lowest BCUT2D eigenvalue weighted by Gasteiger charge is -2.07. The van der Waals surface area contributed by atoms with E-state index in [9.17, 15) is 9.59 Å². The Hall–Kier alpha value is -3.13. The van der Waals surface area contributed by atoms with Crippen molar-refractivity contribution in [2.45, 2.75) is 19.4 Å². The number of nitrogens with zero attached hydrogens (tertiary/aromatic N) is 1. The zero-order valence-corrected chi connectivity index (χ0v) is 13.1. The van der Waals surface area contributed by atoms with Crippen molar-refractivity contribution in [2.24, 2.45) is 5.92 Å². The third-order valence-corrected chi connectivity index (χ3v) is 3.88. The van der Waals surface area contributed by atoms with Crippen molar-refractivity contribution in [3.63, 3.8) is 0 Å². The van der Waals surface area contributed by atoms with E-state index in [0.29, 0.717) is 23.4 Å². The van der Waals surface area contributed by atoms with Gasteiger partial charge in [-0.05, 0) is 48.7 Å². The Balaban J connectivity index is 1.58. The average Bonchev–Trinajstić information content (AvgIpc) is 3.45. The van der Waals surface area contributed by atoms with Crippen LogP contribution in [0, 0.1) is 17.2 Å². The first-order valence-electron chi connectivity index (χ1n) is 7.84. The molecule has 3 rings (SSSR count). The van der Waals surface area contributed by atoms with Crippen molar-refractivity contribution < 1.29 is 9.59 Å². The van der Waals surface area contributed by atoms with Gasteiger partial charge in [-0.25, -0.2) is 0 Å². The molecule has 0 aliphatic heterocycles. The lowest BCUT2D eigenvalue weighted by atomic mass is 10.1. The monoisotopic (exact) mass is 319 g/mol. The highest BCUT2D eigenvalue weighted by Crippen LogP contribution is 2.28. The quantitative estimate of drug-likeness (QED) is 0.889. The highest BCUT2D eigenvalue weighted by molar-refractivity contribution is 6.04. The van der Waals surface area contributed by atoms with E-state index in [1.165, 1.54) is 0 Å². The first-order chi connectivity index (χ1) is 11.7. The number of benzene rings is 2. The number of hydrogen-bond donors (Lipinski definition) is 2. The Morgan fingerprint density at radius 3 is 2.54 bits per heavy atom. The van der Waals surface area contributed by atoms with Gasteiger partial charge in [0.15, 0.2) is 0 Å². The van der Waals surface area contributed by atoms with Crippen molar-refractivity contribution in [3.8, 4) is 6.07 Å². The lowest BCUT2D eigenvalue weighted by molar-refractivity contribution is -0.122. The fraction of sp³-hybridized carbons (Fsp3) is 0.211. The van der Waals surface area contributed by atoms with Crippen LogP contribution in [0.2, 0.25) is 0 Å². The van der Waals surface area contributed by atoms with Gasteiger partial charge >= 0.3 is 0 Å². The molecular formula is C19H17N3O2. The van der Waals surface area contributed by atoms with Crippen LogP contribution in [0.5, 0.6) is 0 Å². The van der Waals surface area contributed by atoms with E-state index < -0.39 is 0 Å². The molecule has 1 saturated carbocycles. The molecule has 2 N–H and O–H groups in total. The second-order valence-corrected chi connectivity index (χ2v) is 5.84. The number of nitrogens with one attached hydrogen (secondary N) is 2. The van der Waals surface area contributed by atoms with Crippen LogP contribution >= 0.6 is 0 Å². The van der Waals surface area contributed by atoms with E-state index in [1.54, 1.807) is 36.4 Å². The minimum absolute atomic E-state index is 0.106. The second-order valence-electron chi connectivity index (χ2n) is 5.84. The largest absolute Gasteiger partial charge is 0.352 e. The standard InChI is InChI=1S/C19H17N3O2/c20-11-14-2-1-3-17(10-14)22-19(24)16-6-4-13(5-7-16)12-21-18(23)15-8-9-15/h1-7,10,15H,8-9,12H2,(H,21,23)(H,22,24). The molecule has 0 bridgehead atoms. The molecule has 0 saturated heterocycles. The van der Waals surface area contributed by atoms with Gasteiger partial charge in [-0.15, -0.1) is 0 Å². The zero-order chi connectivity index (χ0) is 16.9. The fourth-order valence-corrected chi connectivity index (χ4v) is 2.32. The van der Waals surface area contributed by atoms with Gasteiger partial charge in [-0.3, -0.25) is 9.59 Å². The van der Waals surface area contributed by atoms with Gasteiger partial charge in [0, 0.05) is 23.7 Å². The summed E-state index contributed by atoms with van der Waals surface area (Å²) in [7, 11) is 0. The topological polar surface area (TPSA) is 82.0 Å². The fourth-order valence-electron chi connectivity index (χ4n) is 2.32. The Bertz CT molecular complexity index is 802. The number of nitriles is 1. The van der Waals surface area contributed by atoms with Gasteiger partial charge in [0.05, 0.1) is 11.6 Å². The van der Waals surface area contributed by atoms with Crippen molar-refractivity contribution in [3.05, 3.63) is 65.2 Å². The molecule has 2 aromatic rings. The molecule has 24 heavy (non-hydrogen) atoms. The average molecular weight is 319 g/mol. The number of carbonyl (C=O) groups is 2. The van der Waals surface area contributed by atoms with Crippen molar-refractivity contribution in [2.75, 3.05) is 5.32 Å². The van der Waals surface area contributed by atoms with E-state index in [-0.39, 0.29) is 17.7 Å². The van der Waals surface area contributed by atoms with Gasteiger partial charge in [-0.1, -0.05) is 18.2 Å². The molecule has 5 nitrogen and oxygen atoms in total. The maximum atomic E-state index is 12.2. The Morgan fingerprint density at radius 1 is 1.12 bits per heavy atom. The van der Waals surface area contributed by atoms with Gasteiger partial charge < -0.3 is 10.6 Å². The molecule has 1 aliphatic carbocycles. The summed E-state index contributed by atoms with van der Waals surface area (Å²) in [6, 6.07) is 15.9. The number of rotatable bonds is 5. The molecule has 0 unspecified atom stereocenters. The summed E-state index contributed by atoms with van der Waals surface area (Å²) in [6.45, 7) is 0.474. The van der Waals surface area contributed by atoms with Gasteiger partial charge in [-0.2, -0.15) is 5.26 Å². The molecule has 5 heteroatoms. The third-order valence-electron chi connectivity index (χ3n) is 3.88. The molecule has 1 fully saturated rings. The van der Waals surface area contributed by atoms with Crippen molar-refractivity contribution in [1.82, 2.24) is 5.32 Å². The Kier molecular flexibility index (Phi) is 4.57. The summed E-state index contributed by atoms with van der Waals surface area (Å²) in [5.41, 5.74) is 2.55. The maximum absolute atomic E-state index is 12.2. The van der Waals surface area contributed by atoms with Crippen molar-refractivity contribution in [1.29, 1.82) is 5.26 Å². The predicted molar refractivity (Wildman–Crippen MR) is 90.1 cm³/mol. The maximum Gasteiger partial charge on any atom is 0.255 e. The smallest absolute Gasteiger partial charge is 0.255 e. The highest BCUT2D eigenvalue weighted by atomic mass is 16.2. The Morgan fingerprint density at radius 2 is 1.88 bits per heavy atom. The van der Waals surface area contributed by atoms with Crippen LogP contribution in [0.4, 0.5) is 5.69 Å². The van der Waals surface area contributed by atoms with E-state index in [1.807, 2.05) is 18.2 Å². The molecule has 0 radical (unpaired) electrons. The van der Waals surface area contributed by atoms with E-state index in [0.717, 1.165) is 18.4 Å². The molecule has 120 valence electrons. The summed E-state index contributed by atoms with van der Waals surface area (Å²) in [5, 5.41) is 14.5. The summed E-state index contributed by atoms with van der Waals surface area (Å²) < 4.78 is 0. The number of amides is 2. The van der Waals surface area contributed by atoms with Crippen LogP contribution < -0.4 is 10.6 Å². The minimum atomic E-state index is -0.237. The van der Waals surface area contributed by atoms with E-state index in [4.69, 9.17) is 5.26 Å².